The maximum atomic E-state index is 14.0. The Kier molecular flexibility index (Phi) is 3.47. The van der Waals surface area contributed by atoms with Crippen molar-refractivity contribution in [3.05, 3.63) is 46.8 Å². The number of aromatic nitrogens is 1. The van der Waals surface area contributed by atoms with E-state index in [4.69, 9.17) is 10.3 Å². The van der Waals surface area contributed by atoms with Gasteiger partial charge in [-0.2, -0.15) is 0 Å². The molecule has 1 aromatic carbocycles. The van der Waals surface area contributed by atoms with E-state index in [0.717, 1.165) is 17.4 Å². The van der Waals surface area contributed by atoms with Crippen molar-refractivity contribution in [2.75, 3.05) is 5.73 Å². The fourth-order valence-electron chi connectivity index (χ4n) is 2.12. The largest absolute Gasteiger partial charge is 0.367 e. The van der Waals surface area contributed by atoms with Crippen molar-refractivity contribution in [3.63, 3.8) is 0 Å². The fraction of sp³-hybridized carbons (Fsp3) is 0.133. The molecule has 0 unspecified atom stereocenters. The van der Waals surface area contributed by atoms with E-state index in [2.05, 4.69) is 5.16 Å². The first-order valence-electron chi connectivity index (χ1n) is 6.39. The summed E-state index contributed by atoms with van der Waals surface area (Å²) in [7, 11) is 0. The van der Waals surface area contributed by atoms with Crippen LogP contribution in [0.4, 0.5) is 14.7 Å². The first-order valence-corrected chi connectivity index (χ1v) is 7.21. The number of thiophene rings is 1. The number of hydrogen-bond acceptors (Lipinski definition) is 4. The van der Waals surface area contributed by atoms with Gasteiger partial charge in [0.05, 0.1) is 10.4 Å². The van der Waals surface area contributed by atoms with Crippen molar-refractivity contribution in [2.24, 2.45) is 0 Å². The fourth-order valence-corrected chi connectivity index (χ4v) is 3.05. The van der Waals surface area contributed by atoms with Gasteiger partial charge in [-0.15, -0.1) is 11.3 Å². The Morgan fingerprint density at radius 1 is 1.24 bits per heavy atom. The van der Waals surface area contributed by atoms with Crippen molar-refractivity contribution in [1.29, 1.82) is 0 Å². The first kappa shape index (κ1) is 13.8. The SMILES string of the molecule is CCc1ccc(-c2noc(N)c2-c2ccc(F)cc2F)s1. The molecule has 108 valence electrons. The van der Waals surface area contributed by atoms with Crippen LogP contribution in [-0.2, 0) is 6.42 Å². The van der Waals surface area contributed by atoms with E-state index in [1.165, 1.54) is 17.0 Å². The predicted octanol–water partition coefficient (Wildman–Crippen LogP) is 4.49. The van der Waals surface area contributed by atoms with Gasteiger partial charge in [0, 0.05) is 16.5 Å². The van der Waals surface area contributed by atoms with Gasteiger partial charge < -0.3 is 10.3 Å². The lowest BCUT2D eigenvalue weighted by Crippen LogP contribution is -1.91. The van der Waals surface area contributed by atoms with Gasteiger partial charge in [-0.05, 0) is 30.7 Å². The summed E-state index contributed by atoms with van der Waals surface area (Å²) in [5, 5.41) is 3.92. The molecular weight excluding hydrogens is 294 g/mol. The number of nitrogens with two attached hydrogens (primary N) is 1. The Morgan fingerprint density at radius 3 is 2.71 bits per heavy atom. The first-order chi connectivity index (χ1) is 10.1. The molecule has 0 radical (unpaired) electrons. The van der Waals surface area contributed by atoms with Gasteiger partial charge in [0.2, 0.25) is 5.88 Å². The number of aryl methyl sites for hydroxylation is 1. The topological polar surface area (TPSA) is 52.0 Å². The smallest absolute Gasteiger partial charge is 0.230 e. The minimum Gasteiger partial charge on any atom is -0.367 e. The highest BCUT2D eigenvalue weighted by Crippen LogP contribution is 2.40. The standard InChI is InChI=1S/C15H12F2N2OS/c1-2-9-4-6-12(21-9)14-13(15(18)20-19-14)10-5-3-8(16)7-11(10)17/h3-7H,2,18H2,1H3. The van der Waals surface area contributed by atoms with Crippen LogP contribution in [0.2, 0.25) is 0 Å². The molecule has 0 saturated carbocycles. The summed E-state index contributed by atoms with van der Waals surface area (Å²) < 4.78 is 32.1. The van der Waals surface area contributed by atoms with E-state index in [-0.39, 0.29) is 11.4 Å². The summed E-state index contributed by atoms with van der Waals surface area (Å²) in [5.41, 5.74) is 6.78. The summed E-state index contributed by atoms with van der Waals surface area (Å²) in [6, 6.07) is 7.21. The molecular formula is C15H12F2N2OS. The minimum atomic E-state index is -0.696. The van der Waals surface area contributed by atoms with Crippen LogP contribution in [0.3, 0.4) is 0 Å². The summed E-state index contributed by atoms with van der Waals surface area (Å²) in [4.78, 5) is 2.02. The number of benzene rings is 1. The van der Waals surface area contributed by atoms with E-state index >= 15 is 0 Å². The predicted molar refractivity (Wildman–Crippen MR) is 79.0 cm³/mol. The highest BCUT2D eigenvalue weighted by molar-refractivity contribution is 7.15. The van der Waals surface area contributed by atoms with Crippen LogP contribution < -0.4 is 5.73 Å². The summed E-state index contributed by atoms with van der Waals surface area (Å²) in [6.07, 6.45) is 0.901. The lowest BCUT2D eigenvalue weighted by molar-refractivity contribution is 0.439. The molecule has 0 amide bonds. The van der Waals surface area contributed by atoms with Gasteiger partial charge in [-0.1, -0.05) is 12.1 Å². The van der Waals surface area contributed by atoms with Crippen LogP contribution in [0.25, 0.3) is 21.7 Å². The molecule has 6 heteroatoms. The van der Waals surface area contributed by atoms with Gasteiger partial charge in [-0.25, -0.2) is 8.78 Å². The Labute approximate surface area is 124 Å². The maximum Gasteiger partial charge on any atom is 0.230 e. The van der Waals surface area contributed by atoms with E-state index < -0.39 is 11.6 Å². The summed E-state index contributed by atoms with van der Waals surface area (Å²) >= 11 is 1.54. The number of nitrogen functional groups attached to an aromatic ring is 1. The normalized spacial score (nSPS) is 11.0. The summed E-state index contributed by atoms with van der Waals surface area (Å²) in [6.45, 7) is 2.05. The minimum absolute atomic E-state index is 0.0157. The van der Waals surface area contributed by atoms with Crippen LogP contribution in [0.5, 0.6) is 0 Å². The molecule has 0 atom stereocenters. The second-order valence-corrected chi connectivity index (χ2v) is 5.68. The van der Waals surface area contributed by atoms with Crippen molar-refractivity contribution in [1.82, 2.24) is 5.16 Å². The third-order valence-corrected chi connectivity index (χ3v) is 4.40. The molecule has 0 bridgehead atoms. The summed E-state index contributed by atoms with van der Waals surface area (Å²) in [5.74, 6) is -1.32. The van der Waals surface area contributed by atoms with E-state index in [0.29, 0.717) is 11.3 Å². The van der Waals surface area contributed by atoms with E-state index in [1.807, 2.05) is 19.1 Å². The molecule has 3 rings (SSSR count). The van der Waals surface area contributed by atoms with Crippen molar-refractivity contribution < 1.29 is 13.3 Å². The van der Waals surface area contributed by atoms with Crippen molar-refractivity contribution in [2.45, 2.75) is 13.3 Å². The van der Waals surface area contributed by atoms with Gasteiger partial charge >= 0.3 is 0 Å². The maximum absolute atomic E-state index is 14.0. The highest BCUT2D eigenvalue weighted by Gasteiger charge is 2.21. The Balaban J connectivity index is 2.17. The van der Waals surface area contributed by atoms with Gasteiger partial charge in [0.25, 0.3) is 0 Å². The zero-order valence-corrected chi connectivity index (χ0v) is 12.0. The van der Waals surface area contributed by atoms with Gasteiger partial charge in [0.15, 0.2) is 0 Å². The zero-order chi connectivity index (χ0) is 15.0. The molecule has 0 aliphatic rings. The highest BCUT2D eigenvalue weighted by atomic mass is 32.1. The van der Waals surface area contributed by atoms with Crippen LogP contribution >= 0.6 is 11.3 Å². The van der Waals surface area contributed by atoms with Crippen LogP contribution in [0, 0.1) is 11.6 Å². The number of halogens is 2. The van der Waals surface area contributed by atoms with Crippen LogP contribution in [0.1, 0.15) is 11.8 Å². The van der Waals surface area contributed by atoms with E-state index in [9.17, 15) is 8.78 Å². The van der Waals surface area contributed by atoms with Gasteiger partial charge in [-0.3, -0.25) is 0 Å². The van der Waals surface area contributed by atoms with Gasteiger partial charge in [0.1, 0.15) is 17.3 Å². The zero-order valence-electron chi connectivity index (χ0n) is 11.2. The average molecular weight is 306 g/mol. The third kappa shape index (κ3) is 2.42. The molecule has 2 heterocycles. The Hall–Kier alpha value is -2.21. The second kappa shape index (κ2) is 5.29. The lowest BCUT2D eigenvalue weighted by Gasteiger charge is -2.03. The molecule has 0 fully saturated rings. The monoisotopic (exact) mass is 306 g/mol. The lowest BCUT2D eigenvalue weighted by atomic mass is 10.0. The van der Waals surface area contributed by atoms with Crippen LogP contribution in [0.15, 0.2) is 34.9 Å². The molecule has 3 aromatic rings. The molecule has 0 spiro atoms. The molecule has 21 heavy (non-hydrogen) atoms. The van der Waals surface area contributed by atoms with Crippen LogP contribution in [-0.4, -0.2) is 5.16 Å². The van der Waals surface area contributed by atoms with Crippen molar-refractivity contribution in [3.8, 4) is 21.7 Å². The van der Waals surface area contributed by atoms with E-state index in [1.54, 1.807) is 11.3 Å². The number of anilines is 1. The Bertz CT molecular complexity index is 795. The Morgan fingerprint density at radius 2 is 2.05 bits per heavy atom. The molecule has 0 saturated heterocycles. The molecule has 3 nitrogen and oxygen atoms in total. The molecule has 2 aromatic heterocycles. The number of nitrogens with zero attached hydrogens (tertiary/aromatic N) is 1. The molecule has 0 aliphatic heterocycles. The quantitative estimate of drug-likeness (QED) is 0.775. The second-order valence-electron chi connectivity index (χ2n) is 4.51. The number of hydrogen-bond donors (Lipinski definition) is 1. The molecule has 0 aliphatic carbocycles. The average Bonchev–Trinajstić information content (AvgIpc) is 3.06. The molecule has 2 N–H and O–H groups in total. The van der Waals surface area contributed by atoms with Crippen molar-refractivity contribution >= 4 is 17.2 Å². The third-order valence-electron chi connectivity index (χ3n) is 3.16. The number of rotatable bonds is 3.